The van der Waals surface area contributed by atoms with Gasteiger partial charge in [-0.05, 0) is 33.7 Å². The van der Waals surface area contributed by atoms with Gasteiger partial charge in [0.25, 0.3) is 0 Å². The van der Waals surface area contributed by atoms with Crippen molar-refractivity contribution in [1.29, 1.82) is 0 Å². The maximum Gasteiger partial charge on any atom is 0.141 e. The van der Waals surface area contributed by atoms with E-state index in [2.05, 4.69) is 10.3 Å². The zero-order valence-electron chi connectivity index (χ0n) is 11.9. The molecule has 0 saturated carbocycles. The molecule has 1 heterocycles. The van der Waals surface area contributed by atoms with E-state index in [-0.39, 0.29) is 18.5 Å². The molecule has 0 bridgehead atoms. The molecule has 0 atom stereocenters. The Labute approximate surface area is 114 Å². The lowest BCUT2D eigenvalue weighted by Gasteiger charge is -2.12. The fraction of sp³-hybridized carbons (Fsp3) is 0.643. The van der Waals surface area contributed by atoms with Crippen molar-refractivity contribution in [3.8, 4) is 5.75 Å². The highest BCUT2D eigenvalue weighted by molar-refractivity contribution is 5.40. The van der Waals surface area contributed by atoms with Crippen LogP contribution >= 0.6 is 0 Å². The smallest absolute Gasteiger partial charge is 0.141 e. The van der Waals surface area contributed by atoms with Crippen LogP contribution < -0.4 is 5.32 Å². The van der Waals surface area contributed by atoms with Gasteiger partial charge in [-0.25, -0.2) is 0 Å². The molecule has 0 saturated heterocycles. The van der Waals surface area contributed by atoms with Crippen LogP contribution in [0, 0.1) is 6.92 Å². The molecule has 3 N–H and O–H groups in total. The fourth-order valence-corrected chi connectivity index (χ4v) is 1.75. The normalized spacial score (nSPS) is 11.2. The predicted molar refractivity (Wildman–Crippen MR) is 74.0 cm³/mol. The van der Waals surface area contributed by atoms with Crippen molar-refractivity contribution < 1.29 is 14.9 Å². The number of aliphatic hydroxyl groups excluding tert-OH is 1. The van der Waals surface area contributed by atoms with Gasteiger partial charge in [-0.3, -0.25) is 4.98 Å². The van der Waals surface area contributed by atoms with Gasteiger partial charge in [0.2, 0.25) is 0 Å². The predicted octanol–water partition coefficient (Wildman–Crippen LogP) is 1.49. The van der Waals surface area contributed by atoms with Crippen LogP contribution in [-0.2, 0) is 17.9 Å². The number of rotatable bonds is 8. The van der Waals surface area contributed by atoms with Crippen molar-refractivity contribution >= 4 is 0 Å². The molecule has 0 aliphatic rings. The van der Waals surface area contributed by atoms with E-state index in [1.54, 1.807) is 13.1 Å². The topological polar surface area (TPSA) is 74.6 Å². The Balaban J connectivity index is 2.42. The molecule has 0 aromatic carbocycles. The molecule has 1 aromatic rings. The van der Waals surface area contributed by atoms with Gasteiger partial charge in [0, 0.05) is 30.5 Å². The van der Waals surface area contributed by atoms with Crippen molar-refractivity contribution in [3.63, 3.8) is 0 Å². The summed E-state index contributed by atoms with van der Waals surface area (Å²) in [6.07, 6.45) is 2.78. The standard InChI is InChI=1S/C14H24N2O3/c1-10(2)19-6-4-5-15-8-13-12(9-17)7-16-11(3)14(13)18/h7,10,15,17-18H,4-6,8-9H2,1-3H3. The Morgan fingerprint density at radius 3 is 2.79 bits per heavy atom. The van der Waals surface area contributed by atoms with Crippen LogP contribution in [0.15, 0.2) is 6.20 Å². The average molecular weight is 268 g/mol. The van der Waals surface area contributed by atoms with Gasteiger partial charge >= 0.3 is 0 Å². The van der Waals surface area contributed by atoms with E-state index in [4.69, 9.17) is 4.74 Å². The van der Waals surface area contributed by atoms with Gasteiger partial charge in [0.15, 0.2) is 0 Å². The first kappa shape index (κ1) is 15.9. The quantitative estimate of drug-likeness (QED) is 0.623. The maximum atomic E-state index is 9.95. The number of aromatic nitrogens is 1. The van der Waals surface area contributed by atoms with E-state index in [0.717, 1.165) is 25.1 Å². The van der Waals surface area contributed by atoms with Gasteiger partial charge in [-0.2, -0.15) is 0 Å². The van der Waals surface area contributed by atoms with Crippen molar-refractivity contribution in [3.05, 3.63) is 23.0 Å². The summed E-state index contributed by atoms with van der Waals surface area (Å²) in [4.78, 5) is 4.03. The Kier molecular flexibility index (Phi) is 6.77. The number of hydrogen-bond donors (Lipinski definition) is 3. The average Bonchev–Trinajstić information content (AvgIpc) is 2.38. The van der Waals surface area contributed by atoms with Crippen molar-refractivity contribution in [2.75, 3.05) is 13.2 Å². The van der Waals surface area contributed by atoms with Crippen molar-refractivity contribution in [2.24, 2.45) is 0 Å². The summed E-state index contributed by atoms with van der Waals surface area (Å²) in [6, 6.07) is 0. The van der Waals surface area contributed by atoms with Crippen LogP contribution in [0.25, 0.3) is 0 Å². The van der Waals surface area contributed by atoms with E-state index in [1.807, 2.05) is 13.8 Å². The van der Waals surface area contributed by atoms with E-state index >= 15 is 0 Å². The lowest BCUT2D eigenvalue weighted by atomic mass is 10.1. The van der Waals surface area contributed by atoms with Gasteiger partial charge in [-0.1, -0.05) is 0 Å². The first-order chi connectivity index (χ1) is 9.06. The molecular formula is C14H24N2O3. The van der Waals surface area contributed by atoms with E-state index in [9.17, 15) is 10.2 Å². The summed E-state index contributed by atoms with van der Waals surface area (Å²) < 4.78 is 5.44. The largest absolute Gasteiger partial charge is 0.506 e. The number of pyridine rings is 1. The van der Waals surface area contributed by atoms with Crippen LogP contribution in [0.2, 0.25) is 0 Å². The minimum absolute atomic E-state index is 0.117. The molecule has 108 valence electrons. The van der Waals surface area contributed by atoms with Crippen LogP contribution in [-0.4, -0.2) is 34.5 Å². The first-order valence-electron chi connectivity index (χ1n) is 6.65. The van der Waals surface area contributed by atoms with Crippen LogP contribution in [0.4, 0.5) is 0 Å². The van der Waals surface area contributed by atoms with E-state index < -0.39 is 0 Å². The first-order valence-corrected chi connectivity index (χ1v) is 6.65. The molecule has 0 aliphatic carbocycles. The molecular weight excluding hydrogens is 244 g/mol. The molecule has 0 amide bonds. The molecule has 1 aromatic heterocycles. The van der Waals surface area contributed by atoms with Crippen LogP contribution in [0.3, 0.4) is 0 Å². The maximum absolute atomic E-state index is 9.95. The highest BCUT2D eigenvalue weighted by atomic mass is 16.5. The Bertz CT molecular complexity index is 395. The van der Waals surface area contributed by atoms with Gasteiger partial charge < -0.3 is 20.3 Å². The second-order valence-electron chi connectivity index (χ2n) is 4.80. The summed E-state index contributed by atoms with van der Waals surface area (Å²) in [5.41, 5.74) is 1.96. The highest BCUT2D eigenvalue weighted by Gasteiger charge is 2.10. The molecule has 5 heteroatoms. The highest BCUT2D eigenvalue weighted by Crippen LogP contribution is 2.23. The summed E-state index contributed by atoms with van der Waals surface area (Å²) in [6.45, 7) is 7.70. The molecule has 0 unspecified atom stereocenters. The Hall–Kier alpha value is -1.17. The minimum atomic E-state index is -0.117. The van der Waals surface area contributed by atoms with Gasteiger partial charge in [0.1, 0.15) is 5.75 Å². The second kappa shape index (κ2) is 8.09. The number of aromatic hydroxyl groups is 1. The number of hydrogen-bond acceptors (Lipinski definition) is 5. The fourth-order valence-electron chi connectivity index (χ4n) is 1.75. The lowest BCUT2D eigenvalue weighted by molar-refractivity contribution is 0.0770. The van der Waals surface area contributed by atoms with E-state index in [1.165, 1.54) is 0 Å². The summed E-state index contributed by atoms with van der Waals surface area (Å²) in [5.74, 6) is 0.164. The number of nitrogens with zero attached hydrogens (tertiary/aromatic N) is 1. The van der Waals surface area contributed by atoms with Crippen LogP contribution in [0.5, 0.6) is 5.75 Å². The second-order valence-corrected chi connectivity index (χ2v) is 4.80. The third-order valence-electron chi connectivity index (χ3n) is 2.85. The number of aliphatic hydroxyl groups is 1. The summed E-state index contributed by atoms with van der Waals surface area (Å²) >= 11 is 0. The minimum Gasteiger partial charge on any atom is -0.506 e. The molecule has 1 rings (SSSR count). The number of ether oxygens (including phenoxy) is 1. The third-order valence-corrected chi connectivity index (χ3v) is 2.85. The molecule has 0 spiro atoms. The molecule has 19 heavy (non-hydrogen) atoms. The molecule has 0 fully saturated rings. The molecule has 5 nitrogen and oxygen atoms in total. The lowest BCUT2D eigenvalue weighted by Crippen LogP contribution is -2.18. The van der Waals surface area contributed by atoms with E-state index in [0.29, 0.717) is 17.8 Å². The molecule has 0 aliphatic heterocycles. The van der Waals surface area contributed by atoms with Crippen molar-refractivity contribution in [2.45, 2.75) is 46.4 Å². The summed E-state index contributed by atoms with van der Waals surface area (Å²) in [5, 5.41) is 22.4. The Morgan fingerprint density at radius 2 is 2.16 bits per heavy atom. The SMILES string of the molecule is Cc1ncc(CO)c(CNCCCOC(C)C)c1O. The van der Waals surface area contributed by atoms with Gasteiger partial charge in [0.05, 0.1) is 18.4 Å². The Morgan fingerprint density at radius 1 is 1.42 bits per heavy atom. The van der Waals surface area contributed by atoms with Crippen LogP contribution in [0.1, 0.15) is 37.1 Å². The third kappa shape index (κ3) is 5.14. The van der Waals surface area contributed by atoms with Crippen molar-refractivity contribution in [1.82, 2.24) is 10.3 Å². The zero-order valence-corrected chi connectivity index (χ0v) is 11.9. The monoisotopic (exact) mass is 268 g/mol. The summed E-state index contributed by atoms with van der Waals surface area (Å²) in [7, 11) is 0. The zero-order chi connectivity index (χ0) is 14.3. The number of aryl methyl sites for hydroxylation is 1. The molecule has 0 radical (unpaired) electrons. The number of nitrogens with one attached hydrogen (secondary N) is 1. The van der Waals surface area contributed by atoms with Gasteiger partial charge in [-0.15, -0.1) is 0 Å².